The normalized spacial score (nSPS) is 22.2. The van der Waals surface area contributed by atoms with E-state index in [0.717, 1.165) is 44.3 Å². The van der Waals surface area contributed by atoms with Crippen molar-refractivity contribution in [1.82, 2.24) is 24.4 Å². The molecule has 0 unspecified atom stereocenters. The Balaban J connectivity index is 1.38. The van der Waals surface area contributed by atoms with Gasteiger partial charge in [0.15, 0.2) is 5.82 Å². The second kappa shape index (κ2) is 13.1. The van der Waals surface area contributed by atoms with Gasteiger partial charge in [-0.25, -0.2) is 13.8 Å². The van der Waals surface area contributed by atoms with Crippen molar-refractivity contribution in [3.05, 3.63) is 48.0 Å². The van der Waals surface area contributed by atoms with Crippen LogP contribution in [0.5, 0.6) is 0 Å². The number of hydrogen-bond donors (Lipinski definition) is 2. The van der Waals surface area contributed by atoms with Gasteiger partial charge in [-0.2, -0.15) is 9.97 Å². The number of ether oxygens (including phenoxy) is 1. The maximum atomic E-state index is 14.2. The zero-order valence-electron chi connectivity index (χ0n) is 24.1. The molecule has 2 N–H and O–H groups in total. The molecule has 0 spiro atoms. The molecular weight excluding hydrogens is 528 g/mol. The lowest BCUT2D eigenvalue weighted by molar-refractivity contribution is 0.0985. The van der Waals surface area contributed by atoms with Gasteiger partial charge in [0.05, 0.1) is 36.6 Å². The van der Waals surface area contributed by atoms with Crippen LogP contribution in [0.4, 0.5) is 20.5 Å². The van der Waals surface area contributed by atoms with Crippen molar-refractivity contribution in [2.45, 2.75) is 65.0 Å². The van der Waals surface area contributed by atoms with Gasteiger partial charge in [-0.3, -0.25) is 9.47 Å². The Bertz CT molecular complexity index is 1340. The molecule has 3 aromatic rings. The lowest BCUT2D eigenvalue weighted by Crippen LogP contribution is -2.44. The van der Waals surface area contributed by atoms with Crippen LogP contribution in [-0.2, 0) is 4.74 Å². The zero-order chi connectivity index (χ0) is 28.9. The first kappa shape index (κ1) is 29.2. The van der Waals surface area contributed by atoms with Gasteiger partial charge in [-0.05, 0) is 69.7 Å². The molecule has 5 rings (SSSR count). The van der Waals surface area contributed by atoms with Gasteiger partial charge in [0.1, 0.15) is 11.6 Å². The molecule has 9 nitrogen and oxygen atoms in total. The Morgan fingerprint density at radius 3 is 2.63 bits per heavy atom. The summed E-state index contributed by atoms with van der Waals surface area (Å²) in [5.74, 6) is 1.61. The number of aliphatic hydroxyl groups is 1. The van der Waals surface area contributed by atoms with E-state index in [-0.39, 0.29) is 11.9 Å². The van der Waals surface area contributed by atoms with Crippen LogP contribution in [0.1, 0.15) is 58.7 Å². The number of hydrogen-bond acceptors (Lipinski definition) is 8. The Kier molecular flexibility index (Phi) is 9.34. The van der Waals surface area contributed by atoms with Gasteiger partial charge < -0.3 is 20.1 Å². The quantitative estimate of drug-likeness (QED) is 0.299. The second-order valence-corrected chi connectivity index (χ2v) is 11.2. The van der Waals surface area contributed by atoms with Crippen molar-refractivity contribution in [1.29, 1.82) is 0 Å². The Morgan fingerprint density at radius 1 is 1.17 bits per heavy atom. The summed E-state index contributed by atoms with van der Waals surface area (Å²) in [5, 5.41) is 12.8. The molecule has 222 valence electrons. The van der Waals surface area contributed by atoms with Crippen molar-refractivity contribution in [2.24, 2.45) is 5.92 Å². The van der Waals surface area contributed by atoms with E-state index in [4.69, 9.17) is 14.7 Å². The fourth-order valence-corrected chi connectivity index (χ4v) is 6.07. The SMILES string of the molecule is CCN(C/C(C)=C/O)[C@H]1CC[C@H](CNc2nc(N3CCOC[C@@H]3C)cc(-n3c(C(F)F)nc4ccccc43)n2)CC1. The third-order valence-electron chi connectivity index (χ3n) is 8.33. The van der Waals surface area contributed by atoms with Crippen LogP contribution in [0.3, 0.4) is 0 Å². The number of likely N-dealkylation sites (N-methyl/N-ethyl adjacent to an activating group) is 1. The minimum Gasteiger partial charge on any atom is -0.516 e. The molecule has 2 fully saturated rings. The highest BCUT2D eigenvalue weighted by atomic mass is 19.3. The number of anilines is 2. The Labute approximate surface area is 240 Å². The standard InChI is InChI=1S/C30H41F2N7O2/c1-4-37(17-20(2)18-40)23-11-9-22(10-12-23)16-33-30-35-26(38-13-14-41-19-21(38)3)15-27(36-30)39-25-8-6-5-7-24(25)34-29(39)28(31)32/h5-8,15,18,21-23,28,40H,4,9-14,16-17,19H2,1-3H3,(H,33,35,36)/b20-18+/t21-,22-,23-/m0/s1. The molecule has 1 saturated carbocycles. The van der Waals surface area contributed by atoms with E-state index in [1.54, 1.807) is 24.3 Å². The summed E-state index contributed by atoms with van der Waals surface area (Å²) in [4.78, 5) is 18.4. The van der Waals surface area contributed by atoms with Gasteiger partial charge in [0, 0.05) is 31.7 Å². The predicted octanol–water partition coefficient (Wildman–Crippen LogP) is 5.73. The van der Waals surface area contributed by atoms with Crippen molar-refractivity contribution in [3.63, 3.8) is 0 Å². The van der Waals surface area contributed by atoms with Crippen LogP contribution in [0.15, 0.2) is 42.2 Å². The van der Waals surface area contributed by atoms with E-state index >= 15 is 0 Å². The zero-order valence-corrected chi connectivity index (χ0v) is 24.1. The minimum atomic E-state index is -2.76. The summed E-state index contributed by atoms with van der Waals surface area (Å²) >= 11 is 0. The lowest BCUT2D eigenvalue weighted by Gasteiger charge is -2.36. The number of aromatic nitrogens is 4. The number of imidazole rings is 1. The van der Waals surface area contributed by atoms with Crippen LogP contribution in [0.25, 0.3) is 16.9 Å². The number of fused-ring (bicyclic) bond motifs is 1. The molecule has 1 atom stereocenters. The van der Waals surface area contributed by atoms with Gasteiger partial charge in [-0.1, -0.05) is 19.1 Å². The van der Waals surface area contributed by atoms with Gasteiger partial charge in [0.25, 0.3) is 6.43 Å². The van der Waals surface area contributed by atoms with E-state index in [1.807, 2.05) is 13.0 Å². The van der Waals surface area contributed by atoms with Crippen molar-refractivity contribution < 1.29 is 18.6 Å². The minimum absolute atomic E-state index is 0.0922. The largest absolute Gasteiger partial charge is 0.516 e. The van der Waals surface area contributed by atoms with E-state index in [9.17, 15) is 13.9 Å². The second-order valence-electron chi connectivity index (χ2n) is 11.2. The summed E-state index contributed by atoms with van der Waals surface area (Å²) in [6.07, 6.45) is 2.78. The first-order valence-corrected chi connectivity index (χ1v) is 14.6. The highest BCUT2D eigenvalue weighted by Crippen LogP contribution is 2.31. The molecular formula is C30H41F2N7O2. The number of nitrogens with zero attached hydrogens (tertiary/aromatic N) is 6. The molecule has 0 amide bonds. The van der Waals surface area contributed by atoms with E-state index in [2.05, 4.69) is 33.9 Å². The van der Waals surface area contributed by atoms with Crippen LogP contribution in [0.2, 0.25) is 0 Å². The number of aliphatic hydroxyl groups excluding tert-OH is 1. The van der Waals surface area contributed by atoms with Gasteiger partial charge in [0.2, 0.25) is 5.95 Å². The van der Waals surface area contributed by atoms with Crippen molar-refractivity contribution in [3.8, 4) is 5.82 Å². The maximum absolute atomic E-state index is 14.2. The Morgan fingerprint density at radius 2 is 1.93 bits per heavy atom. The van der Waals surface area contributed by atoms with Crippen LogP contribution in [0, 0.1) is 5.92 Å². The number of para-hydroxylation sites is 2. The number of alkyl halides is 2. The summed E-state index contributed by atoms with van der Waals surface area (Å²) in [6, 6.07) is 9.51. The van der Waals surface area contributed by atoms with Gasteiger partial charge >= 0.3 is 0 Å². The molecule has 2 aliphatic rings. The molecule has 1 aliphatic carbocycles. The van der Waals surface area contributed by atoms with E-state index in [1.165, 1.54) is 10.8 Å². The number of nitrogens with one attached hydrogen (secondary N) is 1. The number of rotatable bonds is 10. The molecule has 1 aliphatic heterocycles. The molecule has 0 bridgehead atoms. The van der Waals surface area contributed by atoms with Crippen molar-refractivity contribution in [2.75, 3.05) is 49.6 Å². The fraction of sp³-hybridized carbons (Fsp3) is 0.567. The first-order chi connectivity index (χ1) is 19.9. The molecule has 2 aromatic heterocycles. The summed E-state index contributed by atoms with van der Waals surface area (Å²) < 4.78 is 35.4. The van der Waals surface area contributed by atoms with Crippen molar-refractivity contribution >= 4 is 22.8 Å². The Hall–Kier alpha value is -3.31. The molecule has 3 heterocycles. The lowest BCUT2D eigenvalue weighted by atomic mass is 9.85. The van der Waals surface area contributed by atoms with Crippen LogP contribution in [-0.4, -0.2) is 81.0 Å². The monoisotopic (exact) mass is 569 g/mol. The van der Waals surface area contributed by atoms with Crippen LogP contribution >= 0.6 is 0 Å². The average molecular weight is 570 g/mol. The first-order valence-electron chi connectivity index (χ1n) is 14.6. The third kappa shape index (κ3) is 6.62. The van der Waals surface area contributed by atoms with E-state index in [0.29, 0.717) is 66.9 Å². The highest BCUT2D eigenvalue weighted by molar-refractivity contribution is 5.78. The summed E-state index contributed by atoms with van der Waals surface area (Å²) in [7, 11) is 0. The van der Waals surface area contributed by atoms with Gasteiger partial charge in [-0.15, -0.1) is 0 Å². The summed E-state index contributed by atoms with van der Waals surface area (Å²) in [5.41, 5.74) is 2.05. The number of morpholine rings is 1. The number of benzene rings is 1. The third-order valence-corrected chi connectivity index (χ3v) is 8.33. The predicted molar refractivity (Wildman–Crippen MR) is 157 cm³/mol. The molecule has 1 aromatic carbocycles. The molecule has 41 heavy (non-hydrogen) atoms. The fourth-order valence-electron chi connectivity index (χ4n) is 6.07. The topological polar surface area (TPSA) is 91.6 Å². The highest BCUT2D eigenvalue weighted by Gasteiger charge is 2.27. The average Bonchev–Trinajstić information content (AvgIpc) is 3.39. The molecule has 1 saturated heterocycles. The van der Waals surface area contributed by atoms with E-state index < -0.39 is 6.43 Å². The maximum Gasteiger partial charge on any atom is 0.296 e. The summed E-state index contributed by atoms with van der Waals surface area (Å²) in [6.45, 7) is 10.4. The molecule has 11 heteroatoms. The van der Waals surface area contributed by atoms with Crippen LogP contribution < -0.4 is 10.2 Å². The number of halogens is 2. The smallest absolute Gasteiger partial charge is 0.296 e. The molecule has 0 radical (unpaired) electrons.